The minimum absolute atomic E-state index is 0.104. The number of carbonyl (C=O) groups excluding carboxylic acids is 2. The second kappa shape index (κ2) is 8.55. The summed E-state index contributed by atoms with van der Waals surface area (Å²) in [5, 5.41) is 16.9. The normalized spacial score (nSPS) is 30.3. The molecular weight excluding hydrogens is 439 g/mol. The lowest BCUT2D eigenvalue weighted by Gasteiger charge is -2.34. The van der Waals surface area contributed by atoms with Crippen LogP contribution >= 0.6 is 0 Å². The van der Waals surface area contributed by atoms with Crippen LogP contribution in [0.5, 0.6) is 0 Å². The standard InChI is InChI=1S/C25H25FN4O4/c26-17-3-1-2-14(10-17)15-4-5-18(27-13-15)7-9-21-20-8-6-19(28-24(33)34)11-16(20)12-25(21)22(31)29-23(32)30-25/h1-5,7,9-10,13,16,19-21,28H,6,8,11-12H2,(H,33,34)(H2,29,30,31,32)/b9-7+/t16-,19?,20+,21-,25?/m0/s1. The van der Waals surface area contributed by atoms with Gasteiger partial charge in [-0.05, 0) is 67.4 Å². The maximum absolute atomic E-state index is 13.5. The third kappa shape index (κ3) is 4.02. The Morgan fingerprint density at radius 3 is 2.74 bits per heavy atom. The molecule has 4 N–H and O–H groups in total. The van der Waals surface area contributed by atoms with Crippen molar-refractivity contribution >= 4 is 24.1 Å². The molecule has 2 heterocycles. The van der Waals surface area contributed by atoms with Crippen LogP contribution in [0.15, 0.2) is 48.7 Å². The maximum atomic E-state index is 13.5. The number of hydrogen-bond acceptors (Lipinski definition) is 4. The molecule has 8 nitrogen and oxygen atoms in total. The molecule has 1 spiro atoms. The molecule has 1 aromatic carbocycles. The Kier molecular flexibility index (Phi) is 5.55. The SMILES string of the molecule is O=C(O)NC1CC[C@@H]2[C@@H](C1)CC1(NC(=O)NC1=O)[C@H]2/C=C/c1ccc(-c2cccc(F)c2)cn1. The van der Waals surface area contributed by atoms with Gasteiger partial charge < -0.3 is 15.7 Å². The predicted molar refractivity (Wildman–Crippen MR) is 122 cm³/mol. The molecule has 176 valence electrons. The first-order valence-electron chi connectivity index (χ1n) is 11.4. The Morgan fingerprint density at radius 1 is 1.21 bits per heavy atom. The number of fused-ring (bicyclic) bond motifs is 1. The number of amides is 4. The lowest BCUT2D eigenvalue weighted by atomic mass is 9.74. The van der Waals surface area contributed by atoms with Gasteiger partial charge in [-0.25, -0.2) is 14.0 Å². The predicted octanol–water partition coefficient (Wildman–Crippen LogP) is 3.55. The molecule has 1 saturated heterocycles. The van der Waals surface area contributed by atoms with E-state index in [0.29, 0.717) is 25.0 Å². The molecular formula is C25H25FN4O4. The highest BCUT2D eigenvalue weighted by Crippen LogP contribution is 2.52. The number of benzene rings is 1. The van der Waals surface area contributed by atoms with Crippen LogP contribution in [0.1, 0.15) is 31.4 Å². The number of pyridine rings is 1. The number of nitrogens with one attached hydrogen (secondary N) is 3. The van der Waals surface area contributed by atoms with Crippen LogP contribution in [-0.4, -0.2) is 39.7 Å². The van der Waals surface area contributed by atoms with Crippen molar-refractivity contribution in [3.63, 3.8) is 0 Å². The number of aromatic nitrogens is 1. The average molecular weight is 464 g/mol. The van der Waals surface area contributed by atoms with E-state index in [1.165, 1.54) is 12.1 Å². The van der Waals surface area contributed by atoms with E-state index in [4.69, 9.17) is 5.11 Å². The van der Waals surface area contributed by atoms with Crippen LogP contribution in [0.4, 0.5) is 14.0 Å². The van der Waals surface area contributed by atoms with E-state index in [2.05, 4.69) is 20.9 Å². The van der Waals surface area contributed by atoms with Crippen LogP contribution in [0.2, 0.25) is 0 Å². The van der Waals surface area contributed by atoms with Crippen molar-refractivity contribution < 1.29 is 23.9 Å². The smallest absolute Gasteiger partial charge is 0.404 e. The van der Waals surface area contributed by atoms with Crippen molar-refractivity contribution in [2.75, 3.05) is 0 Å². The molecule has 3 aliphatic rings. The molecule has 3 fully saturated rings. The summed E-state index contributed by atoms with van der Waals surface area (Å²) in [5.74, 6) is -0.641. The van der Waals surface area contributed by atoms with E-state index in [1.54, 1.807) is 12.3 Å². The summed E-state index contributed by atoms with van der Waals surface area (Å²) >= 11 is 0. The lowest BCUT2D eigenvalue weighted by molar-refractivity contribution is -0.124. The van der Waals surface area contributed by atoms with Gasteiger partial charge >= 0.3 is 12.1 Å². The second-order valence-corrected chi connectivity index (χ2v) is 9.33. The van der Waals surface area contributed by atoms with Gasteiger partial charge in [0, 0.05) is 23.7 Å². The number of urea groups is 1. The molecule has 34 heavy (non-hydrogen) atoms. The second-order valence-electron chi connectivity index (χ2n) is 9.33. The highest BCUT2D eigenvalue weighted by Gasteiger charge is 2.61. The Balaban J connectivity index is 1.39. The van der Waals surface area contributed by atoms with Gasteiger partial charge in [0.25, 0.3) is 5.91 Å². The highest BCUT2D eigenvalue weighted by molar-refractivity contribution is 6.07. The zero-order valence-electron chi connectivity index (χ0n) is 18.3. The van der Waals surface area contributed by atoms with Crippen molar-refractivity contribution in [1.29, 1.82) is 0 Å². The van der Waals surface area contributed by atoms with Gasteiger partial charge in [-0.3, -0.25) is 15.1 Å². The molecule has 5 rings (SSSR count). The summed E-state index contributed by atoms with van der Waals surface area (Å²) < 4.78 is 13.5. The van der Waals surface area contributed by atoms with E-state index < -0.39 is 17.7 Å². The molecule has 4 amide bonds. The Morgan fingerprint density at radius 2 is 2.06 bits per heavy atom. The van der Waals surface area contributed by atoms with Gasteiger partial charge in [0.1, 0.15) is 11.4 Å². The molecule has 2 unspecified atom stereocenters. The summed E-state index contributed by atoms with van der Waals surface area (Å²) in [5.41, 5.74) is 1.17. The van der Waals surface area contributed by atoms with Crippen LogP contribution in [-0.2, 0) is 4.79 Å². The Hall–Kier alpha value is -3.75. The fraction of sp³-hybridized carbons (Fsp3) is 0.360. The third-order valence-electron chi connectivity index (χ3n) is 7.37. The van der Waals surface area contributed by atoms with E-state index in [0.717, 1.165) is 17.5 Å². The quantitative estimate of drug-likeness (QED) is 0.516. The first kappa shape index (κ1) is 22.1. The zero-order valence-corrected chi connectivity index (χ0v) is 18.3. The molecule has 9 heteroatoms. The molecule has 1 aliphatic heterocycles. The van der Waals surface area contributed by atoms with Crippen molar-refractivity contribution in [3.8, 4) is 11.1 Å². The number of imide groups is 1. The van der Waals surface area contributed by atoms with Gasteiger partial charge in [0.15, 0.2) is 0 Å². The first-order valence-corrected chi connectivity index (χ1v) is 11.4. The van der Waals surface area contributed by atoms with Crippen molar-refractivity contribution in [2.45, 2.75) is 37.3 Å². The van der Waals surface area contributed by atoms with E-state index >= 15 is 0 Å². The molecule has 0 radical (unpaired) electrons. The van der Waals surface area contributed by atoms with Crippen LogP contribution in [0, 0.1) is 23.6 Å². The topological polar surface area (TPSA) is 120 Å². The van der Waals surface area contributed by atoms with Crippen LogP contribution in [0.25, 0.3) is 17.2 Å². The number of rotatable bonds is 4. The van der Waals surface area contributed by atoms with Gasteiger partial charge in [-0.1, -0.05) is 24.3 Å². The Bertz CT molecular complexity index is 1170. The molecule has 2 aliphatic carbocycles. The Labute approximate surface area is 195 Å². The molecule has 5 atom stereocenters. The minimum Gasteiger partial charge on any atom is -0.465 e. The van der Waals surface area contributed by atoms with Gasteiger partial charge in [-0.15, -0.1) is 0 Å². The average Bonchev–Trinajstić information content (AvgIpc) is 3.26. The number of halogens is 1. The summed E-state index contributed by atoms with van der Waals surface area (Å²) in [6.45, 7) is 0. The molecule has 1 aromatic heterocycles. The van der Waals surface area contributed by atoms with Crippen LogP contribution in [0.3, 0.4) is 0 Å². The monoisotopic (exact) mass is 464 g/mol. The zero-order chi connectivity index (χ0) is 23.9. The number of hydrogen-bond donors (Lipinski definition) is 4. The summed E-state index contributed by atoms with van der Waals surface area (Å²) in [6, 6.07) is 9.34. The van der Waals surface area contributed by atoms with Crippen molar-refractivity contribution in [3.05, 3.63) is 60.2 Å². The van der Waals surface area contributed by atoms with Gasteiger partial charge in [0.05, 0.1) is 5.69 Å². The van der Waals surface area contributed by atoms with Crippen LogP contribution < -0.4 is 16.0 Å². The lowest BCUT2D eigenvalue weighted by Crippen LogP contribution is -2.50. The summed E-state index contributed by atoms with van der Waals surface area (Å²) in [6.07, 6.45) is 6.96. The van der Waals surface area contributed by atoms with Crippen molar-refractivity contribution in [1.82, 2.24) is 20.9 Å². The fourth-order valence-corrected chi connectivity index (χ4v) is 5.95. The highest BCUT2D eigenvalue weighted by atomic mass is 19.1. The van der Waals surface area contributed by atoms with Gasteiger partial charge in [0.2, 0.25) is 0 Å². The number of carboxylic acid groups (broad SMARTS) is 1. The van der Waals surface area contributed by atoms with E-state index in [9.17, 15) is 18.8 Å². The third-order valence-corrected chi connectivity index (χ3v) is 7.37. The van der Waals surface area contributed by atoms with Crippen molar-refractivity contribution in [2.24, 2.45) is 17.8 Å². The van der Waals surface area contributed by atoms with E-state index in [-0.39, 0.29) is 35.5 Å². The molecule has 2 aromatic rings. The first-order chi connectivity index (χ1) is 16.3. The fourth-order valence-electron chi connectivity index (χ4n) is 5.95. The largest absolute Gasteiger partial charge is 0.465 e. The summed E-state index contributed by atoms with van der Waals surface area (Å²) in [7, 11) is 0. The number of nitrogens with zero attached hydrogens (tertiary/aromatic N) is 1. The summed E-state index contributed by atoms with van der Waals surface area (Å²) in [4.78, 5) is 40.5. The van der Waals surface area contributed by atoms with Gasteiger partial charge in [-0.2, -0.15) is 0 Å². The molecule has 2 saturated carbocycles. The van der Waals surface area contributed by atoms with E-state index in [1.807, 2.05) is 30.4 Å². The molecule has 0 bridgehead atoms. The maximum Gasteiger partial charge on any atom is 0.404 e. The minimum atomic E-state index is -1.05. The number of carbonyl (C=O) groups is 3.